The smallest absolute Gasteiger partial charge is 0.224 e. The van der Waals surface area contributed by atoms with Gasteiger partial charge >= 0.3 is 0 Å². The number of amides is 1. The van der Waals surface area contributed by atoms with E-state index in [0.29, 0.717) is 40.9 Å². The fourth-order valence-electron chi connectivity index (χ4n) is 2.61. The Morgan fingerprint density at radius 1 is 1.20 bits per heavy atom. The summed E-state index contributed by atoms with van der Waals surface area (Å²) in [5, 5.41) is 3.13. The Balaban J connectivity index is 1.68. The van der Waals surface area contributed by atoms with Crippen molar-refractivity contribution in [3.8, 4) is 11.5 Å². The second kappa shape index (κ2) is 7.27. The van der Waals surface area contributed by atoms with Crippen LogP contribution < -0.4 is 14.8 Å². The average molecular weight is 368 g/mol. The number of hydrogen-bond donors (Lipinski definition) is 1. The van der Waals surface area contributed by atoms with E-state index in [4.69, 9.17) is 21.1 Å². The first-order valence-electron chi connectivity index (χ1n) is 7.76. The summed E-state index contributed by atoms with van der Waals surface area (Å²) < 4.78 is 37.2. The number of carbonyl (C=O) groups is 1. The second-order valence-electron chi connectivity index (χ2n) is 5.74. The Morgan fingerprint density at radius 3 is 2.72 bits per heavy atom. The van der Waals surface area contributed by atoms with Crippen molar-refractivity contribution in [1.82, 2.24) is 5.32 Å². The average Bonchev–Trinajstić information content (AvgIpc) is 2.57. The largest absolute Gasteiger partial charge is 0.486 e. The first-order valence-corrected chi connectivity index (χ1v) is 8.14. The maximum atomic E-state index is 13.3. The lowest BCUT2D eigenvalue weighted by molar-refractivity contribution is -0.121. The van der Waals surface area contributed by atoms with Crippen molar-refractivity contribution in [2.75, 3.05) is 13.2 Å². The lowest BCUT2D eigenvalue weighted by Gasteiger charge is -2.20. The molecule has 4 nitrogen and oxygen atoms in total. The molecule has 0 saturated heterocycles. The monoisotopic (exact) mass is 367 g/mol. The van der Waals surface area contributed by atoms with Gasteiger partial charge < -0.3 is 14.8 Å². The van der Waals surface area contributed by atoms with Crippen molar-refractivity contribution in [3.05, 3.63) is 58.1 Å². The fraction of sp³-hybridized carbons (Fsp3) is 0.278. The molecule has 132 valence electrons. The number of fused-ring (bicyclic) bond motifs is 1. The van der Waals surface area contributed by atoms with Gasteiger partial charge in [-0.15, -0.1) is 0 Å². The van der Waals surface area contributed by atoms with E-state index in [1.807, 2.05) is 0 Å². The molecule has 0 aromatic heterocycles. The van der Waals surface area contributed by atoms with Crippen LogP contribution in [-0.4, -0.2) is 19.1 Å². The third-order valence-electron chi connectivity index (χ3n) is 3.84. The number of ether oxygens (including phenoxy) is 2. The van der Waals surface area contributed by atoms with Crippen molar-refractivity contribution in [3.63, 3.8) is 0 Å². The predicted octanol–water partition coefficient (Wildman–Crippen LogP) is 3.81. The number of benzene rings is 2. The minimum atomic E-state index is -0.947. The number of nitrogens with one attached hydrogen (secondary N) is 1. The van der Waals surface area contributed by atoms with Crippen LogP contribution in [0.15, 0.2) is 30.3 Å². The number of rotatable bonds is 4. The van der Waals surface area contributed by atoms with Crippen LogP contribution in [0.25, 0.3) is 0 Å². The molecule has 0 spiro atoms. The molecule has 1 aliphatic rings. The summed E-state index contributed by atoms with van der Waals surface area (Å²) in [7, 11) is 0. The zero-order valence-electron chi connectivity index (χ0n) is 13.4. The summed E-state index contributed by atoms with van der Waals surface area (Å²) in [6.07, 6.45) is 0.0738. The molecule has 0 aliphatic carbocycles. The molecule has 1 atom stereocenters. The van der Waals surface area contributed by atoms with Crippen LogP contribution in [-0.2, 0) is 11.2 Å². The highest BCUT2D eigenvalue weighted by atomic mass is 35.5. The van der Waals surface area contributed by atoms with E-state index >= 15 is 0 Å². The molecule has 1 heterocycles. The van der Waals surface area contributed by atoms with E-state index in [1.54, 1.807) is 19.1 Å². The van der Waals surface area contributed by atoms with Crippen LogP contribution in [0.5, 0.6) is 11.5 Å². The van der Waals surface area contributed by atoms with Crippen molar-refractivity contribution in [1.29, 1.82) is 0 Å². The van der Waals surface area contributed by atoms with Crippen LogP contribution in [0, 0.1) is 11.6 Å². The molecule has 0 saturated carbocycles. The first-order chi connectivity index (χ1) is 11.9. The molecule has 7 heteroatoms. The molecule has 25 heavy (non-hydrogen) atoms. The van der Waals surface area contributed by atoms with Gasteiger partial charge in [0.1, 0.15) is 13.2 Å². The summed E-state index contributed by atoms with van der Waals surface area (Å²) in [4.78, 5) is 12.2. The van der Waals surface area contributed by atoms with Gasteiger partial charge in [0.2, 0.25) is 5.91 Å². The van der Waals surface area contributed by atoms with Crippen molar-refractivity contribution < 1.29 is 23.0 Å². The molecule has 0 radical (unpaired) electrons. The van der Waals surface area contributed by atoms with Gasteiger partial charge in [-0.1, -0.05) is 17.7 Å². The number of carbonyl (C=O) groups excluding carboxylic acids is 1. The molecule has 1 amide bonds. The molecule has 2 aromatic rings. The molecule has 2 aromatic carbocycles. The molecule has 1 N–H and O–H groups in total. The number of hydrogen-bond acceptors (Lipinski definition) is 3. The zero-order chi connectivity index (χ0) is 18.0. The number of halogens is 3. The van der Waals surface area contributed by atoms with Gasteiger partial charge in [0.25, 0.3) is 0 Å². The molecule has 0 bridgehead atoms. The normalized spacial score (nSPS) is 14.1. The lowest BCUT2D eigenvalue weighted by Crippen LogP contribution is -2.28. The summed E-state index contributed by atoms with van der Waals surface area (Å²) in [5.41, 5.74) is 1.15. The van der Waals surface area contributed by atoms with Gasteiger partial charge in [0.15, 0.2) is 23.1 Å². The van der Waals surface area contributed by atoms with E-state index in [1.165, 1.54) is 6.07 Å². The molecule has 1 unspecified atom stereocenters. The van der Waals surface area contributed by atoms with Gasteiger partial charge in [-0.05, 0) is 42.3 Å². The Bertz CT molecular complexity index is 813. The lowest BCUT2D eigenvalue weighted by atomic mass is 10.1. The molecule has 3 rings (SSSR count). The van der Waals surface area contributed by atoms with Gasteiger partial charge in [0, 0.05) is 0 Å². The maximum absolute atomic E-state index is 13.3. The van der Waals surface area contributed by atoms with E-state index in [-0.39, 0.29) is 12.3 Å². The first kappa shape index (κ1) is 17.5. The minimum Gasteiger partial charge on any atom is -0.486 e. The van der Waals surface area contributed by atoms with E-state index in [2.05, 4.69) is 5.32 Å². The Labute approximate surface area is 148 Å². The Morgan fingerprint density at radius 2 is 1.96 bits per heavy atom. The SMILES string of the molecule is CC(NC(=O)Cc1cc(Cl)c2c(c1)OCCO2)c1ccc(F)c(F)c1. The summed E-state index contributed by atoms with van der Waals surface area (Å²) in [6, 6.07) is 6.44. The molecular weight excluding hydrogens is 352 g/mol. The maximum Gasteiger partial charge on any atom is 0.224 e. The van der Waals surface area contributed by atoms with Crippen molar-refractivity contribution in [2.45, 2.75) is 19.4 Å². The Kier molecular flexibility index (Phi) is 5.08. The van der Waals surface area contributed by atoms with Gasteiger partial charge in [-0.25, -0.2) is 8.78 Å². The molecular formula is C18H16ClF2NO3. The minimum absolute atomic E-state index is 0.0738. The predicted molar refractivity (Wildman–Crippen MR) is 89.1 cm³/mol. The van der Waals surface area contributed by atoms with Crippen LogP contribution in [0.3, 0.4) is 0 Å². The van der Waals surface area contributed by atoms with Crippen molar-refractivity contribution in [2.24, 2.45) is 0 Å². The van der Waals surface area contributed by atoms with Crippen LogP contribution >= 0.6 is 11.6 Å². The van der Waals surface area contributed by atoms with Gasteiger partial charge in [0.05, 0.1) is 17.5 Å². The van der Waals surface area contributed by atoms with Crippen LogP contribution in [0.1, 0.15) is 24.1 Å². The quantitative estimate of drug-likeness (QED) is 0.894. The van der Waals surface area contributed by atoms with Crippen molar-refractivity contribution >= 4 is 17.5 Å². The highest BCUT2D eigenvalue weighted by Crippen LogP contribution is 2.38. The third kappa shape index (κ3) is 4.02. The summed E-state index contributed by atoms with van der Waals surface area (Å²) in [6.45, 7) is 2.55. The second-order valence-corrected chi connectivity index (χ2v) is 6.15. The van der Waals surface area contributed by atoms with Crippen LogP contribution in [0.2, 0.25) is 5.02 Å². The summed E-state index contributed by atoms with van der Waals surface area (Å²) >= 11 is 6.15. The highest BCUT2D eigenvalue weighted by Gasteiger charge is 2.18. The highest BCUT2D eigenvalue weighted by molar-refractivity contribution is 6.32. The van der Waals surface area contributed by atoms with E-state index < -0.39 is 17.7 Å². The standard InChI is InChI=1S/C18H16ClF2NO3/c1-10(12-2-3-14(20)15(21)9-12)22-17(23)8-11-6-13(19)18-16(7-11)24-4-5-25-18/h2-3,6-7,9-10H,4-5,8H2,1H3,(H,22,23). The topological polar surface area (TPSA) is 47.6 Å². The third-order valence-corrected chi connectivity index (χ3v) is 4.12. The van der Waals surface area contributed by atoms with E-state index in [9.17, 15) is 13.6 Å². The summed E-state index contributed by atoms with van der Waals surface area (Å²) in [5.74, 6) is -1.15. The van der Waals surface area contributed by atoms with Gasteiger partial charge in [-0.3, -0.25) is 4.79 Å². The Hall–Kier alpha value is -2.34. The fourth-order valence-corrected chi connectivity index (χ4v) is 2.90. The van der Waals surface area contributed by atoms with Crippen LogP contribution in [0.4, 0.5) is 8.78 Å². The van der Waals surface area contributed by atoms with E-state index in [0.717, 1.165) is 12.1 Å². The molecule has 0 fully saturated rings. The van der Waals surface area contributed by atoms with Gasteiger partial charge in [-0.2, -0.15) is 0 Å². The zero-order valence-corrected chi connectivity index (χ0v) is 14.2. The molecule has 1 aliphatic heterocycles.